The molecule has 1 amide bonds. The van der Waals surface area contributed by atoms with Gasteiger partial charge in [0.25, 0.3) is 5.91 Å². The summed E-state index contributed by atoms with van der Waals surface area (Å²) in [7, 11) is 0. The van der Waals surface area contributed by atoms with Crippen molar-refractivity contribution in [1.82, 2.24) is 9.80 Å². The van der Waals surface area contributed by atoms with E-state index in [0.717, 1.165) is 44.0 Å². The Morgan fingerprint density at radius 3 is 2.21 bits per heavy atom. The summed E-state index contributed by atoms with van der Waals surface area (Å²) < 4.78 is 11.4. The van der Waals surface area contributed by atoms with Crippen LogP contribution >= 0.6 is 0 Å². The fraction of sp³-hybridized carbons (Fsp3) is 0.458. The third-order valence-electron chi connectivity index (χ3n) is 5.33. The van der Waals surface area contributed by atoms with Gasteiger partial charge in [-0.1, -0.05) is 60.7 Å². The van der Waals surface area contributed by atoms with Crippen molar-refractivity contribution in [2.24, 2.45) is 0 Å². The van der Waals surface area contributed by atoms with Crippen molar-refractivity contribution in [2.45, 2.75) is 39.1 Å². The molecule has 0 N–H and O–H groups in total. The highest BCUT2D eigenvalue weighted by molar-refractivity contribution is 5.80. The van der Waals surface area contributed by atoms with Crippen molar-refractivity contribution in [2.75, 3.05) is 32.8 Å². The Balaban J connectivity index is 1.65. The predicted octanol–water partition coefficient (Wildman–Crippen LogP) is 3.34. The second-order valence-corrected chi connectivity index (χ2v) is 7.65. The van der Waals surface area contributed by atoms with Crippen molar-refractivity contribution in [3.8, 4) is 0 Å². The highest BCUT2D eigenvalue weighted by atomic mass is 16.5. The zero-order chi connectivity index (χ0) is 20.5. The largest absolute Gasteiger partial charge is 0.379 e. The number of carbonyl (C=O) groups excluding carboxylic acids is 1. The molecule has 0 spiro atoms. The number of rotatable bonds is 9. The highest BCUT2D eigenvalue weighted by Gasteiger charge is 2.27. The Hall–Kier alpha value is -2.21. The molecule has 0 aliphatic carbocycles. The summed E-state index contributed by atoms with van der Waals surface area (Å²) in [4.78, 5) is 17.6. The van der Waals surface area contributed by atoms with Gasteiger partial charge in [0.2, 0.25) is 0 Å². The molecule has 0 radical (unpaired) electrons. The first-order valence-electron chi connectivity index (χ1n) is 10.4. The lowest BCUT2D eigenvalue weighted by molar-refractivity contribution is -0.147. The van der Waals surface area contributed by atoms with E-state index in [-0.39, 0.29) is 11.9 Å². The van der Waals surface area contributed by atoms with Crippen molar-refractivity contribution in [3.63, 3.8) is 0 Å². The molecule has 1 saturated heterocycles. The standard InChI is InChI=1S/C24H32N2O3/c1-20(17-25-13-15-28-16-14-25)26(18-22-9-5-3-6-10-22)24(27)21(2)29-19-23-11-7-4-8-12-23/h3-12,20-21H,13-19H2,1-2H3. The predicted molar refractivity (Wildman–Crippen MR) is 114 cm³/mol. The second-order valence-electron chi connectivity index (χ2n) is 7.65. The van der Waals surface area contributed by atoms with Gasteiger partial charge < -0.3 is 14.4 Å². The fourth-order valence-electron chi connectivity index (χ4n) is 3.59. The molecule has 29 heavy (non-hydrogen) atoms. The van der Waals surface area contributed by atoms with E-state index in [4.69, 9.17) is 9.47 Å². The van der Waals surface area contributed by atoms with Crippen LogP contribution in [0, 0.1) is 0 Å². The normalized spacial score (nSPS) is 16.9. The average molecular weight is 397 g/mol. The average Bonchev–Trinajstić information content (AvgIpc) is 2.77. The fourth-order valence-corrected chi connectivity index (χ4v) is 3.59. The van der Waals surface area contributed by atoms with E-state index >= 15 is 0 Å². The van der Waals surface area contributed by atoms with Gasteiger partial charge in [-0.05, 0) is 25.0 Å². The molecule has 5 nitrogen and oxygen atoms in total. The topological polar surface area (TPSA) is 42.0 Å². The summed E-state index contributed by atoms with van der Waals surface area (Å²) in [5, 5.41) is 0. The van der Waals surface area contributed by atoms with Gasteiger partial charge in [-0.2, -0.15) is 0 Å². The summed E-state index contributed by atoms with van der Waals surface area (Å²) in [5.74, 6) is 0.0329. The van der Waals surface area contributed by atoms with E-state index in [2.05, 4.69) is 24.0 Å². The first-order valence-corrected chi connectivity index (χ1v) is 10.4. The number of morpholine rings is 1. The molecule has 1 aliphatic heterocycles. The molecule has 5 heteroatoms. The van der Waals surface area contributed by atoms with E-state index in [1.54, 1.807) is 0 Å². The smallest absolute Gasteiger partial charge is 0.252 e. The molecular weight excluding hydrogens is 364 g/mol. The quantitative estimate of drug-likeness (QED) is 0.652. The monoisotopic (exact) mass is 396 g/mol. The minimum atomic E-state index is -0.494. The Labute approximate surface area is 174 Å². The Morgan fingerprint density at radius 2 is 1.59 bits per heavy atom. The van der Waals surface area contributed by atoms with Gasteiger partial charge in [0, 0.05) is 32.2 Å². The lowest BCUT2D eigenvalue weighted by Crippen LogP contribution is -2.50. The van der Waals surface area contributed by atoms with Crippen LogP contribution < -0.4 is 0 Å². The third-order valence-corrected chi connectivity index (χ3v) is 5.33. The minimum absolute atomic E-state index is 0.0329. The van der Waals surface area contributed by atoms with Gasteiger partial charge in [0.1, 0.15) is 6.10 Å². The Kier molecular flexibility index (Phi) is 8.23. The molecule has 2 aromatic carbocycles. The zero-order valence-electron chi connectivity index (χ0n) is 17.5. The number of amides is 1. The number of hydrogen-bond donors (Lipinski definition) is 0. The molecule has 0 saturated carbocycles. The number of nitrogens with zero attached hydrogens (tertiary/aromatic N) is 2. The van der Waals surface area contributed by atoms with Crippen LogP contribution in [0.25, 0.3) is 0 Å². The maximum atomic E-state index is 13.3. The first kappa shape index (κ1) is 21.5. The van der Waals surface area contributed by atoms with Gasteiger partial charge in [0.05, 0.1) is 19.8 Å². The lowest BCUT2D eigenvalue weighted by Gasteiger charge is -2.36. The number of hydrogen-bond acceptors (Lipinski definition) is 4. The van der Waals surface area contributed by atoms with Crippen molar-refractivity contribution in [3.05, 3.63) is 71.8 Å². The van der Waals surface area contributed by atoms with Crippen LogP contribution in [0.3, 0.4) is 0 Å². The van der Waals surface area contributed by atoms with E-state index in [0.29, 0.717) is 13.2 Å². The number of carbonyl (C=O) groups is 1. The summed E-state index contributed by atoms with van der Waals surface area (Å²) in [5.41, 5.74) is 2.20. The van der Waals surface area contributed by atoms with Crippen LogP contribution in [-0.4, -0.2) is 60.7 Å². The van der Waals surface area contributed by atoms with Gasteiger partial charge in [-0.15, -0.1) is 0 Å². The molecule has 0 bridgehead atoms. The highest BCUT2D eigenvalue weighted by Crippen LogP contribution is 2.14. The van der Waals surface area contributed by atoms with Crippen LogP contribution in [0.5, 0.6) is 0 Å². The van der Waals surface area contributed by atoms with E-state index in [1.165, 1.54) is 0 Å². The lowest BCUT2D eigenvalue weighted by atomic mass is 10.1. The van der Waals surface area contributed by atoms with Crippen LogP contribution in [0.4, 0.5) is 0 Å². The van der Waals surface area contributed by atoms with Gasteiger partial charge in [0.15, 0.2) is 0 Å². The minimum Gasteiger partial charge on any atom is -0.379 e. The SMILES string of the molecule is CC(OCc1ccccc1)C(=O)N(Cc1ccccc1)C(C)CN1CCOCC1. The van der Waals surface area contributed by atoms with Crippen LogP contribution in [0.2, 0.25) is 0 Å². The molecule has 1 aliphatic rings. The van der Waals surface area contributed by atoms with Crippen molar-refractivity contribution in [1.29, 1.82) is 0 Å². The molecule has 1 fully saturated rings. The number of ether oxygens (including phenoxy) is 2. The van der Waals surface area contributed by atoms with Gasteiger partial charge in [-0.3, -0.25) is 9.69 Å². The maximum absolute atomic E-state index is 13.3. The summed E-state index contributed by atoms with van der Waals surface area (Å²) in [6.45, 7) is 9.19. The van der Waals surface area contributed by atoms with Gasteiger partial charge >= 0.3 is 0 Å². The number of benzene rings is 2. The zero-order valence-corrected chi connectivity index (χ0v) is 17.5. The molecule has 2 unspecified atom stereocenters. The summed E-state index contributed by atoms with van der Waals surface area (Å²) >= 11 is 0. The van der Waals surface area contributed by atoms with Crippen molar-refractivity contribution < 1.29 is 14.3 Å². The Morgan fingerprint density at radius 1 is 1.00 bits per heavy atom. The van der Waals surface area contributed by atoms with Crippen LogP contribution in [-0.2, 0) is 27.4 Å². The molecule has 0 aromatic heterocycles. The first-order chi connectivity index (χ1) is 14.1. The van der Waals surface area contributed by atoms with E-state index in [1.807, 2.05) is 60.4 Å². The summed E-state index contributed by atoms with van der Waals surface area (Å²) in [6.07, 6.45) is -0.494. The van der Waals surface area contributed by atoms with E-state index < -0.39 is 6.10 Å². The third kappa shape index (κ3) is 6.67. The molecule has 156 valence electrons. The molecular formula is C24H32N2O3. The molecule has 3 rings (SSSR count). The van der Waals surface area contributed by atoms with Crippen LogP contribution in [0.15, 0.2) is 60.7 Å². The Bertz CT molecular complexity index is 732. The van der Waals surface area contributed by atoms with Gasteiger partial charge in [-0.25, -0.2) is 0 Å². The maximum Gasteiger partial charge on any atom is 0.252 e. The molecule has 2 aromatic rings. The van der Waals surface area contributed by atoms with E-state index in [9.17, 15) is 4.79 Å². The van der Waals surface area contributed by atoms with Crippen molar-refractivity contribution >= 4 is 5.91 Å². The molecule has 2 atom stereocenters. The molecule has 1 heterocycles. The second kappa shape index (κ2) is 11.1. The van der Waals surface area contributed by atoms with Crippen LogP contribution in [0.1, 0.15) is 25.0 Å². The summed E-state index contributed by atoms with van der Waals surface area (Å²) in [6, 6.07) is 20.2.